The van der Waals surface area contributed by atoms with Crippen LogP contribution in [0.5, 0.6) is 0 Å². The van der Waals surface area contributed by atoms with E-state index in [1.54, 1.807) is 4.68 Å². The first kappa shape index (κ1) is 20.2. The first-order chi connectivity index (χ1) is 14.9. The minimum absolute atomic E-state index is 0.0734. The van der Waals surface area contributed by atoms with Crippen LogP contribution in [0.25, 0.3) is 11.0 Å². The molecule has 2 fully saturated rings. The lowest BCUT2D eigenvalue weighted by Crippen LogP contribution is -2.16. The Morgan fingerprint density at radius 2 is 2.00 bits per heavy atom. The van der Waals surface area contributed by atoms with Crippen LogP contribution < -0.4 is 5.32 Å². The van der Waals surface area contributed by atoms with Gasteiger partial charge in [-0.05, 0) is 50.3 Å². The Hall–Kier alpha value is -2.74. The van der Waals surface area contributed by atoms with Crippen molar-refractivity contribution in [3.05, 3.63) is 52.8 Å². The molecular formula is C23H26N4O3S. The van der Waals surface area contributed by atoms with Gasteiger partial charge in [0.15, 0.2) is 15.5 Å². The van der Waals surface area contributed by atoms with Crippen LogP contribution in [-0.4, -0.2) is 40.6 Å². The van der Waals surface area contributed by atoms with E-state index in [1.807, 2.05) is 37.3 Å². The lowest BCUT2D eigenvalue weighted by molar-refractivity contribution is 0.102. The monoisotopic (exact) mass is 438 g/mol. The van der Waals surface area contributed by atoms with Gasteiger partial charge in [0, 0.05) is 17.3 Å². The molecule has 2 aromatic heterocycles. The first-order valence-corrected chi connectivity index (χ1v) is 12.7. The summed E-state index contributed by atoms with van der Waals surface area (Å²) in [6.45, 7) is 3.92. The Morgan fingerprint density at radius 1 is 1.23 bits per heavy atom. The third-order valence-corrected chi connectivity index (χ3v) is 8.05. The number of hydrogen-bond acceptors (Lipinski definition) is 5. The molecule has 8 heteroatoms. The summed E-state index contributed by atoms with van der Waals surface area (Å²) >= 11 is 0. The summed E-state index contributed by atoms with van der Waals surface area (Å²) in [4.78, 5) is 18.3. The Bertz CT molecular complexity index is 1290. The van der Waals surface area contributed by atoms with Crippen LogP contribution in [0.3, 0.4) is 0 Å². The second kappa shape index (κ2) is 7.44. The predicted molar refractivity (Wildman–Crippen MR) is 120 cm³/mol. The number of aryl methyl sites for hydroxylation is 2. The van der Waals surface area contributed by atoms with Crippen molar-refractivity contribution in [1.29, 1.82) is 0 Å². The van der Waals surface area contributed by atoms with Crippen molar-refractivity contribution in [3.63, 3.8) is 0 Å². The number of sulfone groups is 1. The summed E-state index contributed by atoms with van der Waals surface area (Å²) in [6.07, 6.45) is 3.47. The van der Waals surface area contributed by atoms with Crippen LogP contribution in [-0.2, 0) is 16.3 Å². The number of aromatic nitrogens is 3. The van der Waals surface area contributed by atoms with Gasteiger partial charge in [0.05, 0.1) is 34.2 Å². The topological polar surface area (TPSA) is 93.9 Å². The molecule has 1 aliphatic carbocycles. The molecule has 5 rings (SSSR count). The van der Waals surface area contributed by atoms with E-state index in [-0.39, 0.29) is 23.5 Å². The van der Waals surface area contributed by atoms with E-state index in [2.05, 4.69) is 17.3 Å². The maximum Gasteiger partial charge on any atom is 0.256 e. The van der Waals surface area contributed by atoms with E-state index in [9.17, 15) is 13.2 Å². The van der Waals surface area contributed by atoms with Crippen molar-refractivity contribution < 1.29 is 13.2 Å². The molecule has 1 N–H and O–H groups in total. The summed E-state index contributed by atoms with van der Waals surface area (Å²) in [7, 11) is -3.06. The van der Waals surface area contributed by atoms with Crippen molar-refractivity contribution in [2.45, 2.75) is 51.5 Å². The van der Waals surface area contributed by atoms with Gasteiger partial charge in [0.25, 0.3) is 5.91 Å². The molecule has 1 aromatic carbocycles. The van der Waals surface area contributed by atoms with E-state index >= 15 is 0 Å². The molecule has 1 atom stereocenters. The fraction of sp³-hybridized carbons (Fsp3) is 0.435. The number of anilines is 1. The van der Waals surface area contributed by atoms with Gasteiger partial charge in [-0.25, -0.2) is 18.1 Å². The lowest BCUT2D eigenvalue weighted by Gasteiger charge is -2.13. The van der Waals surface area contributed by atoms with Crippen LogP contribution in [0.1, 0.15) is 65.5 Å². The van der Waals surface area contributed by atoms with Gasteiger partial charge >= 0.3 is 0 Å². The average molecular weight is 439 g/mol. The largest absolute Gasteiger partial charge is 0.322 e. The minimum atomic E-state index is -3.06. The Balaban J connectivity index is 1.61. The fourth-order valence-electron chi connectivity index (χ4n) is 4.46. The number of rotatable bonds is 5. The molecule has 3 heterocycles. The minimum Gasteiger partial charge on any atom is -0.322 e. The molecule has 1 aliphatic heterocycles. The summed E-state index contributed by atoms with van der Waals surface area (Å²) in [6, 6.07) is 9.46. The van der Waals surface area contributed by atoms with E-state index in [0.29, 0.717) is 34.6 Å². The average Bonchev–Trinajstić information content (AvgIpc) is 3.47. The molecule has 162 valence electrons. The quantitative estimate of drug-likeness (QED) is 0.654. The van der Waals surface area contributed by atoms with Crippen LogP contribution >= 0.6 is 0 Å². The van der Waals surface area contributed by atoms with Gasteiger partial charge in [-0.2, -0.15) is 5.10 Å². The molecule has 1 saturated carbocycles. The number of nitrogens with zero attached hydrogens (tertiary/aromatic N) is 3. The maximum atomic E-state index is 13.4. The van der Waals surface area contributed by atoms with Crippen LogP contribution in [0, 0.1) is 6.92 Å². The van der Waals surface area contributed by atoms with Crippen LogP contribution in [0.15, 0.2) is 30.3 Å². The predicted octanol–water partition coefficient (Wildman–Crippen LogP) is 3.79. The molecule has 0 bridgehead atoms. The molecule has 31 heavy (non-hydrogen) atoms. The van der Waals surface area contributed by atoms with Crippen LogP contribution in [0.4, 0.5) is 5.69 Å². The summed E-state index contributed by atoms with van der Waals surface area (Å²) in [5.41, 5.74) is 4.65. The molecular weight excluding hydrogens is 412 g/mol. The Labute approximate surface area is 181 Å². The SMILES string of the molecule is CCc1ccccc1NC(=O)c1cc(C2CC2)nc2c1c(C)nn2[C@@H]1CCS(=O)(=O)C1. The highest BCUT2D eigenvalue weighted by Crippen LogP contribution is 2.41. The van der Waals surface area contributed by atoms with Gasteiger partial charge in [-0.15, -0.1) is 0 Å². The number of fused-ring (bicyclic) bond motifs is 1. The third-order valence-electron chi connectivity index (χ3n) is 6.30. The number of pyridine rings is 1. The van der Waals surface area contributed by atoms with Crippen molar-refractivity contribution in [2.24, 2.45) is 0 Å². The number of carbonyl (C=O) groups excluding carboxylic acids is 1. The zero-order valence-corrected chi connectivity index (χ0v) is 18.6. The van der Waals surface area contributed by atoms with Gasteiger partial charge < -0.3 is 5.32 Å². The number of nitrogens with one attached hydrogen (secondary N) is 1. The fourth-order valence-corrected chi connectivity index (χ4v) is 6.15. The molecule has 1 saturated heterocycles. The highest BCUT2D eigenvalue weighted by Gasteiger charge is 2.34. The van der Waals surface area contributed by atoms with E-state index < -0.39 is 9.84 Å². The summed E-state index contributed by atoms with van der Waals surface area (Å²) in [5.74, 6) is 0.414. The number of amides is 1. The standard InChI is InChI=1S/C23H26N4O3S/c1-3-15-6-4-5-7-19(15)25-23(28)18-12-20(16-8-9-16)24-22-21(18)14(2)26-27(22)17-10-11-31(29,30)13-17/h4-7,12,16-17H,3,8-11,13H2,1-2H3,(H,25,28)/t17-/m1/s1. The molecule has 3 aromatic rings. The first-order valence-electron chi connectivity index (χ1n) is 10.9. The highest BCUT2D eigenvalue weighted by atomic mass is 32.2. The smallest absolute Gasteiger partial charge is 0.256 e. The molecule has 0 unspecified atom stereocenters. The van der Waals surface area contributed by atoms with Gasteiger partial charge in [-0.1, -0.05) is 25.1 Å². The molecule has 7 nitrogen and oxygen atoms in total. The number of carbonyl (C=O) groups is 1. The second-order valence-electron chi connectivity index (χ2n) is 8.62. The Kier molecular flexibility index (Phi) is 4.84. The highest BCUT2D eigenvalue weighted by molar-refractivity contribution is 7.91. The van der Waals surface area contributed by atoms with Crippen molar-refractivity contribution >= 4 is 32.5 Å². The number of benzene rings is 1. The number of hydrogen-bond donors (Lipinski definition) is 1. The van der Waals surface area contributed by atoms with Crippen LogP contribution in [0.2, 0.25) is 0 Å². The molecule has 2 aliphatic rings. The lowest BCUT2D eigenvalue weighted by atomic mass is 10.1. The third kappa shape index (κ3) is 3.73. The van der Waals surface area contributed by atoms with Gasteiger partial charge in [0.2, 0.25) is 0 Å². The molecule has 1 amide bonds. The zero-order valence-electron chi connectivity index (χ0n) is 17.8. The van der Waals surface area contributed by atoms with E-state index in [4.69, 9.17) is 4.98 Å². The van der Waals surface area contributed by atoms with Crippen molar-refractivity contribution in [1.82, 2.24) is 14.8 Å². The molecule has 0 radical (unpaired) electrons. The van der Waals surface area contributed by atoms with E-state index in [0.717, 1.165) is 36.2 Å². The summed E-state index contributed by atoms with van der Waals surface area (Å²) in [5, 5.41) is 8.44. The molecule has 0 spiro atoms. The number of para-hydroxylation sites is 1. The van der Waals surface area contributed by atoms with Crippen molar-refractivity contribution in [2.75, 3.05) is 16.8 Å². The second-order valence-corrected chi connectivity index (χ2v) is 10.8. The zero-order chi connectivity index (χ0) is 21.8. The van der Waals surface area contributed by atoms with E-state index in [1.165, 1.54) is 0 Å². The maximum absolute atomic E-state index is 13.4. The summed E-state index contributed by atoms with van der Waals surface area (Å²) < 4.78 is 25.9. The van der Waals surface area contributed by atoms with Gasteiger partial charge in [0.1, 0.15) is 0 Å². The normalized spacial score (nSPS) is 20.3. The van der Waals surface area contributed by atoms with Gasteiger partial charge in [-0.3, -0.25) is 4.79 Å². The Morgan fingerprint density at radius 3 is 2.68 bits per heavy atom. The van der Waals surface area contributed by atoms with Crippen molar-refractivity contribution in [3.8, 4) is 0 Å².